The van der Waals surface area contributed by atoms with Crippen molar-refractivity contribution in [2.75, 3.05) is 11.4 Å². The van der Waals surface area contributed by atoms with Crippen LogP contribution in [0.25, 0.3) is 10.8 Å². The van der Waals surface area contributed by atoms with Gasteiger partial charge in [0.1, 0.15) is 0 Å². The van der Waals surface area contributed by atoms with E-state index >= 15 is 0 Å². The SMILES string of the molecule is O=C1CCC(=O)N1c1ccc(S(=O)(=O)NCCCc2cccc3ccccc23)cc1. The van der Waals surface area contributed by atoms with E-state index in [-0.39, 0.29) is 29.6 Å². The fourth-order valence-electron chi connectivity index (χ4n) is 3.72. The van der Waals surface area contributed by atoms with Crippen molar-refractivity contribution in [2.45, 2.75) is 30.6 Å². The second kappa shape index (κ2) is 8.38. The third-order valence-electron chi connectivity index (χ3n) is 5.25. The zero-order chi connectivity index (χ0) is 21.1. The van der Waals surface area contributed by atoms with E-state index in [2.05, 4.69) is 29.0 Å². The minimum atomic E-state index is -3.66. The van der Waals surface area contributed by atoms with Gasteiger partial charge in [-0.25, -0.2) is 13.1 Å². The predicted octanol–water partition coefficient (Wildman–Crippen LogP) is 3.40. The summed E-state index contributed by atoms with van der Waals surface area (Å²) in [5.41, 5.74) is 1.59. The summed E-state index contributed by atoms with van der Waals surface area (Å²) in [6.45, 7) is 0.316. The molecule has 0 saturated carbocycles. The van der Waals surface area contributed by atoms with Gasteiger partial charge >= 0.3 is 0 Å². The molecule has 154 valence electrons. The fraction of sp³-hybridized carbons (Fsp3) is 0.217. The summed E-state index contributed by atoms with van der Waals surface area (Å²) in [6.07, 6.45) is 1.82. The van der Waals surface area contributed by atoms with Crippen LogP contribution in [0.5, 0.6) is 0 Å². The molecular weight excluding hydrogens is 400 g/mol. The highest BCUT2D eigenvalue weighted by molar-refractivity contribution is 7.89. The average Bonchev–Trinajstić information content (AvgIpc) is 3.09. The Bertz CT molecular complexity index is 1180. The predicted molar refractivity (Wildman–Crippen MR) is 116 cm³/mol. The quantitative estimate of drug-likeness (QED) is 0.467. The molecule has 0 aromatic heterocycles. The third-order valence-corrected chi connectivity index (χ3v) is 6.73. The van der Waals surface area contributed by atoms with Crippen molar-refractivity contribution in [3.63, 3.8) is 0 Å². The second-order valence-electron chi connectivity index (χ2n) is 7.26. The molecule has 0 radical (unpaired) electrons. The van der Waals surface area contributed by atoms with E-state index in [4.69, 9.17) is 0 Å². The number of nitrogens with one attached hydrogen (secondary N) is 1. The zero-order valence-electron chi connectivity index (χ0n) is 16.4. The number of fused-ring (bicyclic) bond motifs is 1. The number of rotatable bonds is 7. The molecule has 3 aromatic carbocycles. The number of anilines is 1. The lowest BCUT2D eigenvalue weighted by molar-refractivity contribution is -0.121. The van der Waals surface area contributed by atoms with Gasteiger partial charge in [0, 0.05) is 19.4 Å². The topological polar surface area (TPSA) is 83.6 Å². The molecule has 1 aliphatic heterocycles. The lowest BCUT2D eigenvalue weighted by Gasteiger charge is -2.14. The van der Waals surface area contributed by atoms with E-state index in [0.717, 1.165) is 11.3 Å². The fourth-order valence-corrected chi connectivity index (χ4v) is 4.79. The molecule has 1 aliphatic rings. The Hall–Kier alpha value is -3.03. The van der Waals surface area contributed by atoms with Gasteiger partial charge in [0.05, 0.1) is 10.6 Å². The molecule has 0 aliphatic carbocycles. The summed E-state index contributed by atoms with van der Waals surface area (Å²) in [5, 5.41) is 2.36. The van der Waals surface area contributed by atoms with Gasteiger partial charge in [-0.2, -0.15) is 0 Å². The lowest BCUT2D eigenvalue weighted by atomic mass is 10.0. The first kappa shape index (κ1) is 20.3. The molecule has 0 unspecified atom stereocenters. The van der Waals surface area contributed by atoms with E-state index in [1.807, 2.05) is 18.2 Å². The normalized spacial score (nSPS) is 14.6. The van der Waals surface area contributed by atoms with E-state index in [1.54, 1.807) is 0 Å². The van der Waals surface area contributed by atoms with Crippen LogP contribution in [0.15, 0.2) is 71.6 Å². The van der Waals surface area contributed by atoms with Crippen molar-refractivity contribution >= 4 is 38.3 Å². The Morgan fingerprint density at radius 2 is 1.50 bits per heavy atom. The minimum absolute atomic E-state index is 0.107. The van der Waals surface area contributed by atoms with Gasteiger partial charge in [-0.3, -0.25) is 14.5 Å². The molecule has 7 heteroatoms. The number of benzene rings is 3. The molecule has 1 N–H and O–H groups in total. The Balaban J connectivity index is 1.37. The molecule has 1 saturated heterocycles. The summed E-state index contributed by atoms with van der Waals surface area (Å²) in [6, 6.07) is 20.1. The van der Waals surface area contributed by atoms with Gasteiger partial charge in [0.25, 0.3) is 0 Å². The van der Waals surface area contributed by atoms with Crippen LogP contribution in [-0.4, -0.2) is 26.8 Å². The highest BCUT2D eigenvalue weighted by Crippen LogP contribution is 2.24. The third kappa shape index (κ3) is 4.13. The number of sulfonamides is 1. The standard InChI is InChI=1S/C23H22N2O4S/c26-22-14-15-23(27)25(22)19-10-12-20(13-11-19)30(28,29)24-16-4-8-18-7-3-6-17-5-1-2-9-21(17)18/h1-3,5-7,9-13,24H,4,8,14-16H2. The average molecular weight is 423 g/mol. The number of carbonyl (C=O) groups excluding carboxylic acids is 2. The van der Waals surface area contributed by atoms with Crippen LogP contribution < -0.4 is 9.62 Å². The number of carbonyl (C=O) groups is 2. The molecule has 30 heavy (non-hydrogen) atoms. The highest BCUT2D eigenvalue weighted by Gasteiger charge is 2.30. The summed E-state index contributed by atoms with van der Waals surface area (Å²) >= 11 is 0. The number of nitrogens with zero attached hydrogens (tertiary/aromatic N) is 1. The molecule has 4 rings (SSSR count). The number of hydrogen-bond acceptors (Lipinski definition) is 4. The van der Waals surface area contributed by atoms with Crippen LogP contribution >= 0.6 is 0 Å². The Kier molecular flexibility index (Phi) is 5.65. The summed E-state index contributed by atoms with van der Waals surface area (Å²) in [7, 11) is -3.66. The smallest absolute Gasteiger partial charge is 0.240 e. The highest BCUT2D eigenvalue weighted by atomic mass is 32.2. The first-order valence-electron chi connectivity index (χ1n) is 9.88. The molecule has 2 amide bonds. The van der Waals surface area contributed by atoms with Gasteiger partial charge in [-0.05, 0) is 53.4 Å². The van der Waals surface area contributed by atoms with Crippen LogP contribution in [0.3, 0.4) is 0 Å². The number of hydrogen-bond donors (Lipinski definition) is 1. The van der Waals surface area contributed by atoms with Crippen molar-refractivity contribution < 1.29 is 18.0 Å². The minimum Gasteiger partial charge on any atom is -0.274 e. The lowest BCUT2D eigenvalue weighted by Crippen LogP contribution is -2.29. The summed E-state index contributed by atoms with van der Waals surface area (Å²) in [4.78, 5) is 24.8. The molecule has 1 heterocycles. The maximum atomic E-state index is 12.6. The second-order valence-corrected chi connectivity index (χ2v) is 9.02. The Morgan fingerprint density at radius 1 is 0.833 bits per heavy atom. The van der Waals surface area contributed by atoms with Crippen LogP contribution in [0.2, 0.25) is 0 Å². The molecule has 6 nitrogen and oxygen atoms in total. The van der Waals surface area contributed by atoms with E-state index < -0.39 is 10.0 Å². The summed E-state index contributed by atoms with van der Waals surface area (Å²) in [5.74, 6) is -0.524. The maximum Gasteiger partial charge on any atom is 0.240 e. The van der Waals surface area contributed by atoms with Gasteiger partial charge in [-0.15, -0.1) is 0 Å². The van der Waals surface area contributed by atoms with Crippen molar-refractivity contribution in [2.24, 2.45) is 0 Å². The van der Waals surface area contributed by atoms with E-state index in [0.29, 0.717) is 18.7 Å². The first-order valence-corrected chi connectivity index (χ1v) is 11.4. The molecule has 3 aromatic rings. The molecule has 0 bridgehead atoms. The van der Waals surface area contributed by atoms with Gasteiger partial charge in [0.2, 0.25) is 21.8 Å². The monoisotopic (exact) mass is 422 g/mol. The maximum absolute atomic E-state index is 12.6. The van der Waals surface area contributed by atoms with Crippen molar-refractivity contribution in [1.29, 1.82) is 0 Å². The Morgan fingerprint density at radius 3 is 2.23 bits per heavy atom. The summed E-state index contributed by atoms with van der Waals surface area (Å²) < 4.78 is 27.7. The van der Waals surface area contributed by atoms with Crippen molar-refractivity contribution in [3.05, 3.63) is 72.3 Å². The van der Waals surface area contributed by atoms with Gasteiger partial charge in [0.15, 0.2) is 0 Å². The van der Waals surface area contributed by atoms with Crippen molar-refractivity contribution in [3.8, 4) is 0 Å². The number of amides is 2. The zero-order valence-corrected chi connectivity index (χ0v) is 17.2. The molecule has 0 atom stereocenters. The van der Waals surface area contributed by atoms with E-state index in [9.17, 15) is 18.0 Å². The van der Waals surface area contributed by atoms with Gasteiger partial charge in [-0.1, -0.05) is 42.5 Å². The van der Waals surface area contributed by atoms with Crippen LogP contribution in [0.4, 0.5) is 5.69 Å². The molecular formula is C23H22N2O4S. The first-order chi connectivity index (χ1) is 14.5. The van der Waals surface area contributed by atoms with Crippen LogP contribution in [0, 0.1) is 0 Å². The largest absolute Gasteiger partial charge is 0.274 e. The van der Waals surface area contributed by atoms with Gasteiger partial charge < -0.3 is 0 Å². The molecule has 1 fully saturated rings. The van der Waals surface area contributed by atoms with Crippen LogP contribution in [-0.2, 0) is 26.0 Å². The number of imide groups is 1. The van der Waals surface area contributed by atoms with Crippen molar-refractivity contribution in [1.82, 2.24) is 4.72 Å². The molecule has 0 spiro atoms. The number of aryl methyl sites for hydroxylation is 1. The Labute approximate surface area is 175 Å². The van der Waals surface area contributed by atoms with E-state index in [1.165, 1.54) is 40.6 Å². The van der Waals surface area contributed by atoms with Crippen LogP contribution in [0.1, 0.15) is 24.8 Å².